The topological polar surface area (TPSA) is 73.8 Å². The maximum Gasteiger partial charge on any atom is 0.191 e. The van der Waals surface area contributed by atoms with E-state index in [1.54, 1.807) is 7.05 Å². The highest BCUT2D eigenvalue weighted by molar-refractivity contribution is 14.0. The van der Waals surface area contributed by atoms with Crippen molar-refractivity contribution in [2.24, 2.45) is 10.9 Å². The third kappa shape index (κ3) is 7.95. The molecule has 0 saturated carbocycles. The van der Waals surface area contributed by atoms with Crippen LogP contribution in [0, 0.1) is 11.7 Å². The molecule has 1 aliphatic rings. The molecule has 9 heteroatoms. The summed E-state index contributed by atoms with van der Waals surface area (Å²) in [5.74, 6) is 0.605. The monoisotopic (exact) mass is 560 g/mol. The van der Waals surface area contributed by atoms with Crippen molar-refractivity contribution in [2.45, 2.75) is 18.7 Å². The lowest BCUT2D eigenvalue weighted by Crippen LogP contribution is -2.40. The molecule has 31 heavy (non-hydrogen) atoms. The van der Waals surface area contributed by atoms with Gasteiger partial charge >= 0.3 is 0 Å². The van der Waals surface area contributed by atoms with Gasteiger partial charge in [0.25, 0.3) is 0 Å². The summed E-state index contributed by atoms with van der Waals surface area (Å²) in [5, 5.41) is 6.51. The first kappa shape index (κ1) is 25.4. The number of benzene rings is 2. The van der Waals surface area contributed by atoms with E-state index in [0.717, 1.165) is 26.1 Å². The Kier molecular flexibility index (Phi) is 9.54. The van der Waals surface area contributed by atoms with E-state index in [2.05, 4.69) is 44.8 Å². The second-order valence-corrected chi connectivity index (χ2v) is 9.87. The number of hydrogen-bond donors (Lipinski definition) is 2. The SMILES string of the molecule is CN=C(NCc1cc(F)ccc1CS(C)(=O)=O)NCC1CCN(c2ccccc2)C1.I. The van der Waals surface area contributed by atoms with Crippen LogP contribution in [0.4, 0.5) is 10.1 Å². The first-order chi connectivity index (χ1) is 14.3. The van der Waals surface area contributed by atoms with Gasteiger partial charge in [-0.05, 0) is 47.7 Å². The molecule has 1 aliphatic heterocycles. The van der Waals surface area contributed by atoms with Crippen LogP contribution in [0.25, 0.3) is 0 Å². The zero-order valence-corrected chi connectivity index (χ0v) is 21.0. The van der Waals surface area contributed by atoms with Crippen molar-refractivity contribution < 1.29 is 12.8 Å². The van der Waals surface area contributed by atoms with Crippen LogP contribution in [-0.2, 0) is 22.1 Å². The van der Waals surface area contributed by atoms with E-state index in [1.807, 2.05) is 6.07 Å². The minimum Gasteiger partial charge on any atom is -0.371 e. The molecule has 2 aromatic rings. The number of rotatable bonds is 7. The molecule has 1 fully saturated rings. The van der Waals surface area contributed by atoms with Gasteiger partial charge in [-0.1, -0.05) is 24.3 Å². The van der Waals surface area contributed by atoms with Gasteiger partial charge in [0.05, 0.1) is 5.75 Å². The van der Waals surface area contributed by atoms with Gasteiger partial charge in [-0.2, -0.15) is 0 Å². The van der Waals surface area contributed by atoms with Gasteiger partial charge in [0.2, 0.25) is 0 Å². The van der Waals surface area contributed by atoms with Crippen LogP contribution in [-0.4, -0.2) is 47.3 Å². The Labute approximate surface area is 201 Å². The highest BCUT2D eigenvalue weighted by Crippen LogP contribution is 2.23. The van der Waals surface area contributed by atoms with Crippen LogP contribution in [0.15, 0.2) is 53.5 Å². The van der Waals surface area contributed by atoms with Crippen LogP contribution in [0.3, 0.4) is 0 Å². The quantitative estimate of drug-likeness (QED) is 0.309. The molecule has 1 atom stereocenters. The Bertz CT molecular complexity index is 986. The number of nitrogens with one attached hydrogen (secondary N) is 2. The lowest BCUT2D eigenvalue weighted by Gasteiger charge is -2.19. The number of hydrogen-bond acceptors (Lipinski definition) is 4. The summed E-state index contributed by atoms with van der Waals surface area (Å²) in [4.78, 5) is 6.62. The summed E-state index contributed by atoms with van der Waals surface area (Å²) in [6.07, 6.45) is 2.27. The average molecular weight is 560 g/mol. The van der Waals surface area contributed by atoms with Crippen LogP contribution < -0.4 is 15.5 Å². The number of guanidine groups is 1. The largest absolute Gasteiger partial charge is 0.371 e. The molecule has 2 N–H and O–H groups in total. The van der Waals surface area contributed by atoms with E-state index in [-0.39, 0.29) is 35.5 Å². The Morgan fingerprint density at radius 1 is 1.16 bits per heavy atom. The van der Waals surface area contributed by atoms with Crippen molar-refractivity contribution in [2.75, 3.05) is 37.8 Å². The fraction of sp³-hybridized carbons (Fsp3) is 0.409. The summed E-state index contributed by atoms with van der Waals surface area (Å²) in [6, 6.07) is 14.6. The maximum absolute atomic E-state index is 13.7. The molecule has 0 bridgehead atoms. The fourth-order valence-electron chi connectivity index (χ4n) is 3.70. The summed E-state index contributed by atoms with van der Waals surface area (Å²) in [6.45, 7) is 3.09. The Morgan fingerprint density at radius 3 is 2.58 bits per heavy atom. The summed E-state index contributed by atoms with van der Waals surface area (Å²) < 4.78 is 37.0. The number of para-hydroxylation sites is 1. The average Bonchev–Trinajstić information content (AvgIpc) is 3.19. The molecule has 6 nitrogen and oxygen atoms in total. The number of anilines is 1. The number of nitrogens with zero attached hydrogens (tertiary/aromatic N) is 2. The van der Waals surface area contributed by atoms with Gasteiger partial charge < -0.3 is 15.5 Å². The third-order valence-corrected chi connectivity index (χ3v) is 6.06. The molecular weight excluding hydrogens is 530 g/mol. The van der Waals surface area contributed by atoms with Gasteiger partial charge in [0.1, 0.15) is 5.82 Å². The van der Waals surface area contributed by atoms with E-state index < -0.39 is 9.84 Å². The smallest absolute Gasteiger partial charge is 0.191 e. The summed E-state index contributed by atoms with van der Waals surface area (Å²) >= 11 is 0. The molecule has 2 aromatic carbocycles. The van der Waals surface area contributed by atoms with Crippen LogP contribution in [0.5, 0.6) is 0 Å². The predicted octanol–water partition coefficient (Wildman–Crippen LogP) is 3.18. The third-order valence-electron chi connectivity index (χ3n) is 5.22. The number of halogens is 2. The molecule has 1 heterocycles. The zero-order chi connectivity index (χ0) is 21.6. The minimum atomic E-state index is -3.21. The van der Waals surface area contributed by atoms with Crippen molar-refractivity contribution in [3.05, 3.63) is 65.5 Å². The normalized spacial score (nSPS) is 16.7. The van der Waals surface area contributed by atoms with Gasteiger partial charge in [-0.3, -0.25) is 4.99 Å². The molecule has 170 valence electrons. The highest BCUT2D eigenvalue weighted by Gasteiger charge is 2.22. The second-order valence-electron chi connectivity index (χ2n) is 7.73. The van der Waals surface area contributed by atoms with Crippen LogP contribution in [0.2, 0.25) is 0 Å². The van der Waals surface area contributed by atoms with E-state index >= 15 is 0 Å². The minimum absolute atomic E-state index is 0. The number of sulfone groups is 1. The lowest BCUT2D eigenvalue weighted by atomic mass is 10.1. The molecule has 1 unspecified atom stereocenters. The Balaban J connectivity index is 0.00000341. The molecular formula is C22H30FIN4O2S. The van der Waals surface area contributed by atoms with E-state index in [4.69, 9.17) is 0 Å². The second kappa shape index (κ2) is 11.7. The molecule has 0 radical (unpaired) electrons. The molecule has 0 aromatic heterocycles. The maximum atomic E-state index is 13.7. The number of aliphatic imine (C=N–C) groups is 1. The molecule has 0 spiro atoms. The lowest BCUT2D eigenvalue weighted by molar-refractivity contribution is 0.565. The highest BCUT2D eigenvalue weighted by atomic mass is 127. The van der Waals surface area contributed by atoms with Crippen LogP contribution >= 0.6 is 24.0 Å². The van der Waals surface area contributed by atoms with Crippen molar-refractivity contribution in [3.63, 3.8) is 0 Å². The molecule has 0 aliphatic carbocycles. The van der Waals surface area contributed by atoms with Crippen molar-refractivity contribution >= 4 is 45.5 Å². The van der Waals surface area contributed by atoms with Gasteiger partial charge in [-0.25, -0.2) is 12.8 Å². The first-order valence-corrected chi connectivity index (χ1v) is 12.1. The fourth-order valence-corrected chi connectivity index (χ4v) is 4.54. The van der Waals surface area contributed by atoms with E-state index in [1.165, 1.54) is 30.1 Å². The van der Waals surface area contributed by atoms with E-state index in [0.29, 0.717) is 29.5 Å². The summed E-state index contributed by atoms with van der Waals surface area (Å²) in [7, 11) is -1.52. The van der Waals surface area contributed by atoms with Gasteiger partial charge in [0, 0.05) is 45.2 Å². The van der Waals surface area contributed by atoms with Gasteiger partial charge in [-0.15, -0.1) is 24.0 Å². The van der Waals surface area contributed by atoms with Crippen molar-refractivity contribution in [1.29, 1.82) is 0 Å². The Hall–Kier alpha value is -1.88. The van der Waals surface area contributed by atoms with Crippen LogP contribution in [0.1, 0.15) is 17.5 Å². The van der Waals surface area contributed by atoms with Crippen molar-refractivity contribution in [3.8, 4) is 0 Å². The van der Waals surface area contributed by atoms with Gasteiger partial charge in [0.15, 0.2) is 15.8 Å². The molecule has 0 amide bonds. The zero-order valence-electron chi connectivity index (χ0n) is 17.8. The van der Waals surface area contributed by atoms with E-state index in [9.17, 15) is 12.8 Å². The standard InChI is InChI=1S/C22H29FN4O2S.HI/c1-24-22(25-13-17-10-11-27(15-17)21-6-4-3-5-7-21)26-14-19-12-20(23)9-8-18(19)16-30(2,28)29;/h3-9,12,17H,10-11,13-16H2,1-2H3,(H2,24,25,26);1H. The Morgan fingerprint density at radius 2 is 1.90 bits per heavy atom. The first-order valence-electron chi connectivity index (χ1n) is 10.0. The van der Waals surface area contributed by atoms with Crippen molar-refractivity contribution in [1.82, 2.24) is 10.6 Å². The predicted molar refractivity (Wildman–Crippen MR) is 135 cm³/mol. The molecule has 1 saturated heterocycles. The summed E-state index contributed by atoms with van der Waals surface area (Å²) in [5.41, 5.74) is 2.45. The molecule has 3 rings (SSSR count).